The van der Waals surface area contributed by atoms with E-state index in [0.717, 1.165) is 24.2 Å². The van der Waals surface area contributed by atoms with Gasteiger partial charge >= 0.3 is 6.03 Å². The second kappa shape index (κ2) is 9.75. The van der Waals surface area contributed by atoms with Gasteiger partial charge in [0.25, 0.3) is 5.91 Å². The van der Waals surface area contributed by atoms with Gasteiger partial charge in [-0.15, -0.1) is 0 Å². The van der Waals surface area contributed by atoms with Gasteiger partial charge in [0, 0.05) is 13.1 Å². The van der Waals surface area contributed by atoms with Gasteiger partial charge in [0.05, 0.1) is 14.2 Å². The lowest BCUT2D eigenvalue weighted by atomic mass is 9.82. The lowest BCUT2D eigenvalue weighted by Gasteiger charge is -2.29. The van der Waals surface area contributed by atoms with Crippen molar-refractivity contribution in [3.05, 3.63) is 59.7 Å². The highest BCUT2D eigenvalue weighted by molar-refractivity contribution is 6.11. The molecule has 0 spiro atoms. The summed E-state index contributed by atoms with van der Waals surface area (Å²) in [6, 6.07) is 13.4. The van der Waals surface area contributed by atoms with Gasteiger partial charge in [0.1, 0.15) is 18.0 Å². The number of carbonyl (C=O) groups excluding carboxylic acids is 3. The van der Waals surface area contributed by atoms with Crippen molar-refractivity contribution in [1.29, 1.82) is 0 Å². The summed E-state index contributed by atoms with van der Waals surface area (Å²) in [6.07, 6.45) is 3.06. The van der Waals surface area contributed by atoms with Gasteiger partial charge < -0.3 is 19.7 Å². The number of ether oxygens (including phenoxy) is 2. The molecule has 1 saturated heterocycles. The van der Waals surface area contributed by atoms with Crippen LogP contribution >= 0.6 is 0 Å². The van der Waals surface area contributed by atoms with Crippen LogP contribution < -0.4 is 14.8 Å². The van der Waals surface area contributed by atoms with E-state index in [9.17, 15) is 14.4 Å². The first-order valence-corrected chi connectivity index (χ1v) is 11.6. The molecule has 2 aliphatic rings. The van der Waals surface area contributed by atoms with Gasteiger partial charge in [-0.3, -0.25) is 14.5 Å². The fourth-order valence-electron chi connectivity index (χ4n) is 4.39. The number of hydrogen-bond acceptors (Lipinski definition) is 5. The van der Waals surface area contributed by atoms with Crippen molar-refractivity contribution in [1.82, 2.24) is 15.1 Å². The molecular formula is C26H31N3O5. The van der Waals surface area contributed by atoms with Crippen molar-refractivity contribution >= 4 is 17.8 Å². The van der Waals surface area contributed by atoms with Crippen LogP contribution in [0.15, 0.2) is 48.5 Å². The standard InChI is InChI=1S/C26H31N3O5/c1-4-15-28(16-18-5-6-18)23(30)17-29-24(31)26(27-25(29)32,19-7-11-21(33-2)12-8-19)20-9-13-22(34-3)14-10-20/h7-14,18H,4-6,15-17H2,1-3H3,(H,27,32). The molecule has 2 fully saturated rings. The zero-order chi connectivity index (χ0) is 24.3. The molecule has 180 valence electrons. The molecule has 1 N–H and O–H groups in total. The first kappa shape index (κ1) is 23.6. The molecule has 0 unspecified atom stereocenters. The Morgan fingerprint density at radius 2 is 1.53 bits per heavy atom. The SMILES string of the molecule is CCCN(CC1CC1)C(=O)CN1C(=O)NC(c2ccc(OC)cc2)(c2ccc(OC)cc2)C1=O. The average molecular weight is 466 g/mol. The van der Waals surface area contributed by atoms with Crippen LogP contribution in [-0.4, -0.2) is 61.5 Å². The van der Waals surface area contributed by atoms with E-state index in [0.29, 0.717) is 41.6 Å². The normalized spacial score (nSPS) is 16.9. The van der Waals surface area contributed by atoms with Crippen molar-refractivity contribution in [2.75, 3.05) is 33.9 Å². The van der Waals surface area contributed by atoms with E-state index in [4.69, 9.17) is 9.47 Å². The number of imide groups is 1. The van der Waals surface area contributed by atoms with Gasteiger partial charge in [-0.05, 0) is 60.6 Å². The summed E-state index contributed by atoms with van der Waals surface area (Å²) >= 11 is 0. The number of nitrogens with zero attached hydrogens (tertiary/aromatic N) is 2. The average Bonchev–Trinajstić information content (AvgIpc) is 3.65. The van der Waals surface area contributed by atoms with E-state index in [1.54, 1.807) is 67.7 Å². The first-order valence-electron chi connectivity index (χ1n) is 11.6. The molecule has 0 radical (unpaired) electrons. The zero-order valence-electron chi connectivity index (χ0n) is 19.9. The maximum Gasteiger partial charge on any atom is 0.326 e. The number of urea groups is 1. The number of methoxy groups -OCH3 is 2. The van der Waals surface area contributed by atoms with Crippen LogP contribution in [0.5, 0.6) is 11.5 Å². The summed E-state index contributed by atoms with van der Waals surface area (Å²) in [4.78, 5) is 42.9. The van der Waals surface area contributed by atoms with Crippen molar-refractivity contribution in [3.8, 4) is 11.5 Å². The summed E-state index contributed by atoms with van der Waals surface area (Å²) in [5.74, 6) is 1.10. The minimum Gasteiger partial charge on any atom is -0.497 e. The Morgan fingerprint density at radius 3 is 1.97 bits per heavy atom. The fourth-order valence-corrected chi connectivity index (χ4v) is 4.39. The van der Waals surface area contributed by atoms with E-state index >= 15 is 0 Å². The minimum absolute atomic E-state index is 0.211. The van der Waals surface area contributed by atoms with Crippen LogP contribution in [0, 0.1) is 5.92 Å². The smallest absolute Gasteiger partial charge is 0.326 e. The highest BCUT2D eigenvalue weighted by Crippen LogP contribution is 2.37. The number of rotatable bonds is 10. The van der Waals surface area contributed by atoms with Gasteiger partial charge in [-0.2, -0.15) is 0 Å². The summed E-state index contributed by atoms with van der Waals surface area (Å²) in [7, 11) is 3.13. The lowest BCUT2D eigenvalue weighted by molar-refractivity contribution is -0.138. The molecule has 8 nitrogen and oxygen atoms in total. The molecule has 1 saturated carbocycles. The largest absolute Gasteiger partial charge is 0.497 e. The topological polar surface area (TPSA) is 88.2 Å². The highest BCUT2D eigenvalue weighted by atomic mass is 16.5. The second-order valence-corrected chi connectivity index (χ2v) is 8.81. The Labute approximate surface area is 199 Å². The summed E-state index contributed by atoms with van der Waals surface area (Å²) < 4.78 is 10.5. The molecule has 1 aliphatic heterocycles. The van der Waals surface area contributed by atoms with Crippen molar-refractivity contribution in [2.24, 2.45) is 5.92 Å². The zero-order valence-corrected chi connectivity index (χ0v) is 19.9. The summed E-state index contributed by atoms with van der Waals surface area (Å²) in [5.41, 5.74) is -0.299. The molecule has 4 amide bonds. The molecule has 1 heterocycles. The third-order valence-corrected chi connectivity index (χ3v) is 6.47. The number of carbonyl (C=O) groups is 3. The first-order chi connectivity index (χ1) is 16.4. The van der Waals surface area contributed by atoms with E-state index in [2.05, 4.69) is 5.32 Å². The number of nitrogens with one attached hydrogen (secondary N) is 1. The predicted molar refractivity (Wildman–Crippen MR) is 127 cm³/mol. The maximum absolute atomic E-state index is 13.9. The number of amides is 4. The number of hydrogen-bond donors (Lipinski definition) is 1. The molecule has 2 aromatic carbocycles. The van der Waals surface area contributed by atoms with E-state index < -0.39 is 17.5 Å². The molecule has 4 rings (SSSR count). The van der Waals surface area contributed by atoms with E-state index in [-0.39, 0.29) is 12.5 Å². The van der Waals surface area contributed by atoms with Crippen LogP contribution in [0.2, 0.25) is 0 Å². The Bertz CT molecular complexity index is 1000. The Morgan fingerprint density at radius 1 is 1.00 bits per heavy atom. The molecule has 8 heteroatoms. The van der Waals surface area contributed by atoms with Crippen molar-refractivity contribution in [2.45, 2.75) is 31.7 Å². The van der Waals surface area contributed by atoms with Gasteiger partial charge in [-0.1, -0.05) is 31.2 Å². The van der Waals surface area contributed by atoms with Crippen LogP contribution in [0.3, 0.4) is 0 Å². The third-order valence-electron chi connectivity index (χ3n) is 6.47. The Balaban J connectivity index is 1.68. The van der Waals surface area contributed by atoms with Crippen molar-refractivity contribution in [3.63, 3.8) is 0 Å². The number of benzene rings is 2. The molecule has 34 heavy (non-hydrogen) atoms. The van der Waals surface area contributed by atoms with Gasteiger partial charge in [0.15, 0.2) is 5.54 Å². The summed E-state index contributed by atoms with van der Waals surface area (Å²) in [6.45, 7) is 3.02. The van der Waals surface area contributed by atoms with E-state index in [1.165, 1.54) is 0 Å². The Hall–Kier alpha value is -3.55. The molecule has 0 aromatic heterocycles. The molecule has 1 aliphatic carbocycles. The van der Waals surface area contributed by atoms with Crippen LogP contribution in [-0.2, 0) is 15.1 Å². The predicted octanol–water partition coefficient (Wildman–Crippen LogP) is 3.15. The van der Waals surface area contributed by atoms with E-state index in [1.807, 2.05) is 6.92 Å². The third kappa shape index (κ3) is 4.44. The van der Waals surface area contributed by atoms with Gasteiger partial charge in [0.2, 0.25) is 5.91 Å². The monoisotopic (exact) mass is 465 g/mol. The molecule has 2 aromatic rings. The molecule has 0 bridgehead atoms. The molecule has 0 atom stereocenters. The Kier molecular flexibility index (Phi) is 6.77. The highest BCUT2D eigenvalue weighted by Gasteiger charge is 2.54. The van der Waals surface area contributed by atoms with Crippen molar-refractivity contribution < 1.29 is 23.9 Å². The summed E-state index contributed by atoms with van der Waals surface area (Å²) in [5, 5.41) is 2.89. The quantitative estimate of drug-likeness (QED) is 0.545. The maximum atomic E-state index is 13.9. The lowest BCUT2D eigenvalue weighted by Crippen LogP contribution is -2.47. The minimum atomic E-state index is -1.46. The second-order valence-electron chi connectivity index (χ2n) is 8.81. The van der Waals surface area contributed by atoms with Crippen LogP contribution in [0.4, 0.5) is 4.79 Å². The van der Waals surface area contributed by atoms with Crippen LogP contribution in [0.1, 0.15) is 37.3 Å². The fraction of sp³-hybridized carbons (Fsp3) is 0.423. The van der Waals surface area contributed by atoms with Gasteiger partial charge in [-0.25, -0.2) is 4.79 Å². The van der Waals surface area contributed by atoms with Crippen LogP contribution in [0.25, 0.3) is 0 Å². The molecular weight excluding hydrogens is 434 g/mol.